The SMILES string of the molecule is [c]1cccc(-n2ccnc2)c1. The van der Waals surface area contributed by atoms with Crippen LogP contribution in [0.1, 0.15) is 0 Å². The lowest BCUT2D eigenvalue weighted by atomic mass is 10.3. The van der Waals surface area contributed by atoms with E-state index in [0.29, 0.717) is 0 Å². The molecule has 53 valence electrons. The summed E-state index contributed by atoms with van der Waals surface area (Å²) >= 11 is 0. The minimum Gasteiger partial charge on any atom is -0.306 e. The van der Waals surface area contributed by atoms with Crippen LogP contribution in [0.4, 0.5) is 0 Å². The van der Waals surface area contributed by atoms with E-state index >= 15 is 0 Å². The first-order valence-electron chi connectivity index (χ1n) is 3.41. The molecular formula is C9H7N2. The van der Waals surface area contributed by atoms with Gasteiger partial charge in [-0.25, -0.2) is 4.98 Å². The molecule has 2 aromatic rings. The molecule has 0 N–H and O–H groups in total. The monoisotopic (exact) mass is 143 g/mol. The standard InChI is InChI=1S/C9H7N2/c1-2-4-9(5-3-1)11-7-6-10-8-11/h1-2,4-8H. The Labute approximate surface area is 65.1 Å². The van der Waals surface area contributed by atoms with Gasteiger partial charge in [-0.05, 0) is 18.2 Å². The Hall–Kier alpha value is -1.57. The van der Waals surface area contributed by atoms with Gasteiger partial charge >= 0.3 is 0 Å². The van der Waals surface area contributed by atoms with Crippen molar-refractivity contribution in [1.82, 2.24) is 9.55 Å². The zero-order chi connectivity index (χ0) is 7.52. The highest BCUT2D eigenvalue weighted by atomic mass is 15.0. The first-order chi connectivity index (χ1) is 5.47. The quantitative estimate of drug-likeness (QED) is 0.593. The first kappa shape index (κ1) is 6.16. The Balaban J connectivity index is 2.46. The fraction of sp³-hybridized carbons (Fsp3) is 0. The molecule has 0 aliphatic heterocycles. The molecule has 1 aromatic carbocycles. The van der Waals surface area contributed by atoms with Crippen LogP contribution in [-0.2, 0) is 0 Å². The van der Waals surface area contributed by atoms with E-state index < -0.39 is 0 Å². The maximum Gasteiger partial charge on any atom is 0.0991 e. The van der Waals surface area contributed by atoms with Crippen LogP contribution in [0.5, 0.6) is 0 Å². The van der Waals surface area contributed by atoms with Gasteiger partial charge in [0.05, 0.1) is 6.33 Å². The van der Waals surface area contributed by atoms with Crippen LogP contribution in [0.15, 0.2) is 43.0 Å². The Morgan fingerprint density at radius 1 is 1.45 bits per heavy atom. The van der Waals surface area contributed by atoms with Crippen molar-refractivity contribution >= 4 is 0 Å². The van der Waals surface area contributed by atoms with Crippen molar-refractivity contribution in [3.8, 4) is 5.69 Å². The molecule has 11 heavy (non-hydrogen) atoms. The van der Waals surface area contributed by atoms with Gasteiger partial charge in [0.25, 0.3) is 0 Å². The van der Waals surface area contributed by atoms with Gasteiger partial charge in [0, 0.05) is 18.1 Å². The molecule has 0 bridgehead atoms. The minimum absolute atomic E-state index is 1.09. The summed E-state index contributed by atoms with van der Waals surface area (Å²) in [5.41, 5.74) is 1.09. The zero-order valence-electron chi connectivity index (χ0n) is 5.94. The van der Waals surface area contributed by atoms with Crippen molar-refractivity contribution < 1.29 is 0 Å². The maximum absolute atomic E-state index is 3.95. The summed E-state index contributed by atoms with van der Waals surface area (Å²) < 4.78 is 1.94. The lowest BCUT2D eigenvalue weighted by Crippen LogP contribution is -1.87. The molecule has 0 amide bonds. The second kappa shape index (κ2) is 2.58. The number of hydrogen-bond acceptors (Lipinski definition) is 1. The van der Waals surface area contributed by atoms with Gasteiger partial charge in [-0.15, -0.1) is 0 Å². The van der Waals surface area contributed by atoms with E-state index in [1.807, 2.05) is 35.0 Å². The van der Waals surface area contributed by atoms with Gasteiger partial charge in [-0.1, -0.05) is 12.1 Å². The largest absolute Gasteiger partial charge is 0.306 e. The van der Waals surface area contributed by atoms with Gasteiger partial charge in [0.2, 0.25) is 0 Å². The molecule has 2 rings (SSSR count). The molecule has 0 unspecified atom stereocenters. The summed E-state index contributed by atoms with van der Waals surface area (Å²) in [6.45, 7) is 0. The highest BCUT2D eigenvalue weighted by molar-refractivity contribution is 5.29. The topological polar surface area (TPSA) is 17.8 Å². The van der Waals surface area contributed by atoms with Crippen LogP contribution in [0.25, 0.3) is 5.69 Å². The van der Waals surface area contributed by atoms with Gasteiger partial charge in [0.15, 0.2) is 0 Å². The summed E-state index contributed by atoms with van der Waals surface area (Å²) in [6.07, 6.45) is 5.43. The first-order valence-corrected chi connectivity index (χ1v) is 3.41. The molecular weight excluding hydrogens is 136 g/mol. The van der Waals surface area contributed by atoms with Crippen molar-refractivity contribution in [3.63, 3.8) is 0 Å². The summed E-state index contributed by atoms with van der Waals surface area (Å²) in [4.78, 5) is 3.95. The third-order valence-electron chi connectivity index (χ3n) is 1.49. The van der Waals surface area contributed by atoms with Crippen molar-refractivity contribution in [2.45, 2.75) is 0 Å². The predicted octanol–water partition coefficient (Wildman–Crippen LogP) is 1.67. The van der Waals surface area contributed by atoms with Crippen molar-refractivity contribution in [2.75, 3.05) is 0 Å². The summed E-state index contributed by atoms with van der Waals surface area (Å²) in [5.74, 6) is 0. The Kier molecular flexibility index (Phi) is 1.44. The van der Waals surface area contributed by atoms with Crippen LogP contribution in [0.3, 0.4) is 0 Å². The smallest absolute Gasteiger partial charge is 0.0991 e. The fourth-order valence-electron chi connectivity index (χ4n) is 0.956. The van der Waals surface area contributed by atoms with Gasteiger partial charge in [-0.2, -0.15) is 0 Å². The van der Waals surface area contributed by atoms with Crippen LogP contribution in [-0.4, -0.2) is 9.55 Å². The molecule has 0 aliphatic rings. The molecule has 1 aromatic heterocycles. The van der Waals surface area contributed by atoms with E-state index in [9.17, 15) is 0 Å². The number of benzene rings is 1. The Bertz CT molecular complexity index is 311. The number of imidazole rings is 1. The van der Waals surface area contributed by atoms with E-state index in [0.717, 1.165) is 5.69 Å². The van der Waals surface area contributed by atoms with Crippen molar-refractivity contribution in [2.24, 2.45) is 0 Å². The van der Waals surface area contributed by atoms with Crippen molar-refractivity contribution in [3.05, 3.63) is 49.1 Å². The molecule has 0 atom stereocenters. The normalized spacial score (nSPS) is 9.82. The van der Waals surface area contributed by atoms with Gasteiger partial charge in [0.1, 0.15) is 0 Å². The van der Waals surface area contributed by atoms with Crippen LogP contribution in [0, 0.1) is 6.07 Å². The highest BCUT2D eigenvalue weighted by Crippen LogP contribution is 2.03. The maximum atomic E-state index is 3.95. The lowest BCUT2D eigenvalue weighted by Gasteiger charge is -1.98. The fourth-order valence-corrected chi connectivity index (χ4v) is 0.956. The molecule has 0 spiro atoms. The third-order valence-corrected chi connectivity index (χ3v) is 1.49. The summed E-state index contributed by atoms with van der Waals surface area (Å²) in [5, 5.41) is 0. The lowest BCUT2D eigenvalue weighted by molar-refractivity contribution is 1.06. The van der Waals surface area contributed by atoms with E-state index in [1.54, 1.807) is 12.5 Å². The highest BCUT2D eigenvalue weighted by Gasteiger charge is 1.90. The van der Waals surface area contributed by atoms with E-state index in [-0.39, 0.29) is 0 Å². The second-order valence-electron chi connectivity index (χ2n) is 2.23. The minimum atomic E-state index is 1.09. The second-order valence-corrected chi connectivity index (χ2v) is 2.23. The van der Waals surface area contributed by atoms with Crippen LogP contribution < -0.4 is 0 Å². The molecule has 0 fully saturated rings. The number of aromatic nitrogens is 2. The molecule has 1 heterocycles. The van der Waals surface area contributed by atoms with Crippen LogP contribution in [0.2, 0.25) is 0 Å². The third kappa shape index (κ3) is 1.15. The molecule has 1 radical (unpaired) electrons. The summed E-state index contributed by atoms with van der Waals surface area (Å²) in [7, 11) is 0. The Morgan fingerprint density at radius 2 is 2.45 bits per heavy atom. The number of hydrogen-bond donors (Lipinski definition) is 0. The zero-order valence-corrected chi connectivity index (χ0v) is 5.94. The molecule has 2 nitrogen and oxygen atoms in total. The molecule has 0 saturated carbocycles. The van der Waals surface area contributed by atoms with Gasteiger partial charge < -0.3 is 4.57 Å². The number of rotatable bonds is 1. The predicted molar refractivity (Wildman–Crippen MR) is 42.4 cm³/mol. The average Bonchev–Trinajstić information content (AvgIpc) is 2.58. The van der Waals surface area contributed by atoms with E-state index in [4.69, 9.17) is 0 Å². The summed E-state index contributed by atoms with van der Waals surface area (Å²) in [6, 6.07) is 10.8. The van der Waals surface area contributed by atoms with Crippen LogP contribution >= 0.6 is 0 Å². The molecule has 0 aliphatic carbocycles. The van der Waals surface area contributed by atoms with E-state index in [1.165, 1.54) is 0 Å². The molecule has 2 heteroatoms. The Morgan fingerprint density at radius 3 is 3.09 bits per heavy atom. The van der Waals surface area contributed by atoms with Crippen molar-refractivity contribution in [1.29, 1.82) is 0 Å². The average molecular weight is 143 g/mol. The van der Waals surface area contributed by atoms with Gasteiger partial charge in [-0.3, -0.25) is 0 Å². The number of nitrogens with zero attached hydrogens (tertiary/aromatic N) is 2. The molecule has 0 saturated heterocycles. The van der Waals surface area contributed by atoms with E-state index in [2.05, 4.69) is 11.1 Å².